The van der Waals surface area contributed by atoms with E-state index in [4.69, 9.17) is 4.74 Å². The third kappa shape index (κ3) is 2.23. The van der Waals surface area contributed by atoms with Gasteiger partial charge in [-0.2, -0.15) is 0 Å². The first-order chi connectivity index (χ1) is 8.77. The summed E-state index contributed by atoms with van der Waals surface area (Å²) < 4.78 is 5.21. The molecule has 1 unspecified atom stereocenters. The number of carbonyl (C=O) groups is 1. The molecule has 0 N–H and O–H groups in total. The van der Waals surface area contributed by atoms with Gasteiger partial charge in [-0.15, -0.1) is 0 Å². The minimum Gasteiger partial charge on any atom is -0.371 e. The van der Waals surface area contributed by atoms with Crippen molar-refractivity contribution in [2.24, 2.45) is 0 Å². The molecule has 0 heterocycles. The molecule has 2 rings (SSSR count). The fourth-order valence-electron chi connectivity index (χ4n) is 1.89. The lowest BCUT2D eigenvalue weighted by Crippen LogP contribution is -2.24. The van der Waals surface area contributed by atoms with Gasteiger partial charge in [0.15, 0.2) is 5.78 Å². The maximum atomic E-state index is 12.3. The van der Waals surface area contributed by atoms with E-state index < -0.39 is 6.10 Å². The summed E-state index contributed by atoms with van der Waals surface area (Å²) in [5.41, 5.74) is 1.36. The van der Waals surface area contributed by atoms with Gasteiger partial charge in [0.2, 0.25) is 0 Å². The van der Waals surface area contributed by atoms with E-state index in [9.17, 15) is 9.59 Å². The first-order valence-corrected chi connectivity index (χ1v) is 5.53. The molecule has 0 aliphatic heterocycles. The highest BCUT2D eigenvalue weighted by molar-refractivity contribution is 6.10. The number of carbonyl (C=O) groups excluding carboxylic acids is 2. The zero-order valence-electron chi connectivity index (χ0n) is 9.92. The van der Waals surface area contributed by atoms with Gasteiger partial charge in [-0.05, 0) is 6.08 Å². The van der Waals surface area contributed by atoms with E-state index in [0.717, 1.165) is 0 Å². The van der Waals surface area contributed by atoms with Crippen molar-refractivity contribution in [3.8, 4) is 0 Å². The quantitative estimate of drug-likeness (QED) is 0.600. The number of allylic oxidation sites excluding steroid dienone is 2. The Labute approximate surface area is 105 Å². The average molecular weight is 240 g/mol. The van der Waals surface area contributed by atoms with Crippen LogP contribution in [0.3, 0.4) is 0 Å². The van der Waals surface area contributed by atoms with Crippen LogP contribution in [-0.4, -0.2) is 24.9 Å². The lowest BCUT2D eigenvalue weighted by atomic mass is 9.91. The van der Waals surface area contributed by atoms with Gasteiger partial charge in [-0.3, -0.25) is 4.79 Å². The number of hydrogen-bond acceptors (Lipinski definition) is 3. The zero-order valence-corrected chi connectivity index (χ0v) is 9.92. The van der Waals surface area contributed by atoms with Crippen LogP contribution in [0.1, 0.15) is 10.4 Å². The van der Waals surface area contributed by atoms with E-state index in [1.807, 2.05) is 6.07 Å². The van der Waals surface area contributed by atoms with Crippen molar-refractivity contribution >= 4 is 11.7 Å². The van der Waals surface area contributed by atoms with E-state index >= 15 is 0 Å². The highest BCUT2D eigenvalue weighted by Gasteiger charge is 2.26. The van der Waals surface area contributed by atoms with E-state index in [0.29, 0.717) is 16.7 Å². The minimum atomic E-state index is -0.639. The summed E-state index contributed by atoms with van der Waals surface area (Å²) in [6.07, 6.45) is 4.29. The molecular weight excluding hydrogens is 228 g/mol. The molecule has 1 aromatic rings. The Morgan fingerprint density at radius 1 is 1.28 bits per heavy atom. The average Bonchev–Trinajstić information content (AvgIpc) is 2.46. The van der Waals surface area contributed by atoms with Gasteiger partial charge in [0.05, 0.1) is 5.57 Å². The maximum absolute atomic E-state index is 12.3. The van der Waals surface area contributed by atoms with Gasteiger partial charge in [0.25, 0.3) is 0 Å². The number of methoxy groups -OCH3 is 1. The second-order valence-corrected chi connectivity index (χ2v) is 3.85. The first-order valence-electron chi connectivity index (χ1n) is 5.53. The Morgan fingerprint density at radius 3 is 2.61 bits per heavy atom. The largest absolute Gasteiger partial charge is 0.371 e. The Balaban J connectivity index is 2.38. The van der Waals surface area contributed by atoms with Crippen LogP contribution in [0.4, 0.5) is 0 Å². The van der Waals surface area contributed by atoms with Gasteiger partial charge in [0, 0.05) is 18.2 Å². The van der Waals surface area contributed by atoms with E-state index in [1.54, 1.807) is 48.4 Å². The highest BCUT2D eigenvalue weighted by atomic mass is 16.5. The molecule has 1 aromatic carbocycles. The summed E-state index contributed by atoms with van der Waals surface area (Å²) in [6.45, 7) is 0. The van der Waals surface area contributed by atoms with Gasteiger partial charge < -0.3 is 4.74 Å². The second-order valence-electron chi connectivity index (χ2n) is 3.85. The number of rotatable bonds is 3. The maximum Gasteiger partial charge on any atom is 0.191 e. The standard InChI is InChI=1S/C15H12O3/c1-18-15-12(10-16)8-5-9-13(15)14(17)11-6-3-2-4-7-11/h2-9,15H,1H3. The van der Waals surface area contributed by atoms with Crippen LogP contribution >= 0.6 is 0 Å². The molecular formula is C15H12O3. The SMILES string of the molecule is COC1C(=C=O)C=CC=C1C(=O)c1ccccc1. The fraction of sp³-hybridized carbons (Fsp3) is 0.133. The smallest absolute Gasteiger partial charge is 0.191 e. The van der Waals surface area contributed by atoms with E-state index in [2.05, 4.69) is 0 Å². The second kappa shape index (κ2) is 5.41. The minimum absolute atomic E-state index is 0.139. The van der Waals surface area contributed by atoms with Crippen molar-refractivity contribution in [3.05, 3.63) is 65.3 Å². The number of Topliss-reactive ketones (excluding diaryl/α,β-unsaturated/α-hetero) is 1. The zero-order chi connectivity index (χ0) is 13.0. The van der Waals surface area contributed by atoms with Crippen LogP contribution < -0.4 is 0 Å². The topological polar surface area (TPSA) is 43.4 Å². The van der Waals surface area contributed by atoms with Crippen molar-refractivity contribution in [2.75, 3.05) is 7.11 Å². The lowest BCUT2D eigenvalue weighted by molar-refractivity contribution is 0.0968. The van der Waals surface area contributed by atoms with Crippen LogP contribution in [0, 0.1) is 0 Å². The molecule has 0 saturated carbocycles. The molecule has 18 heavy (non-hydrogen) atoms. The third-order valence-corrected chi connectivity index (χ3v) is 2.77. The normalized spacial score (nSPS) is 18.2. The van der Waals surface area contributed by atoms with Gasteiger partial charge in [-0.1, -0.05) is 42.5 Å². The van der Waals surface area contributed by atoms with Gasteiger partial charge in [0.1, 0.15) is 12.0 Å². The Morgan fingerprint density at radius 2 is 2.00 bits per heavy atom. The van der Waals surface area contributed by atoms with Crippen LogP contribution in [0.5, 0.6) is 0 Å². The molecule has 90 valence electrons. The summed E-state index contributed by atoms with van der Waals surface area (Å²) in [4.78, 5) is 23.1. The number of ether oxygens (including phenoxy) is 1. The first kappa shape index (κ1) is 12.2. The molecule has 1 atom stereocenters. The van der Waals surface area contributed by atoms with Gasteiger partial charge in [-0.25, -0.2) is 4.79 Å². The summed E-state index contributed by atoms with van der Waals surface area (Å²) in [6, 6.07) is 8.91. The molecule has 0 amide bonds. The van der Waals surface area contributed by atoms with Crippen LogP contribution in [0.2, 0.25) is 0 Å². The Kier molecular flexibility index (Phi) is 3.68. The molecule has 0 fully saturated rings. The number of benzene rings is 1. The van der Waals surface area contributed by atoms with E-state index in [1.165, 1.54) is 7.11 Å². The molecule has 0 bridgehead atoms. The number of ketones is 1. The van der Waals surface area contributed by atoms with Gasteiger partial charge >= 0.3 is 0 Å². The molecule has 3 nitrogen and oxygen atoms in total. The lowest BCUT2D eigenvalue weighted by Gasteiger charge is -2.19. The Bertz CT molecular complexity index is 561. The predicted octanol–water partition coefficient (Wildman–Crippen LogP) is 2.14. The van der Waals surface area contributed by atoms with Crippen LogP contribution in [0.25, 0.3) is 0 Å². The number of hydrogen-bond donors (Lipinski definition) is 0. The molecule has 0 aromatic heterocycles. The molecule has 0 radical (unpaired) electrons. The Hall–Kier alpha value is -2.22. The molecule has 0 spiro atoms. The van der Waals surface area contributed by atoms with Crippen molar-refractivity contribution in [3.63, 3.8) is 0 Å². The van der Waals surface area contributed by atoms with Crippen LogP contribution in [0.15, 0.2) is 59.7 Å². The van der Waals surface area contributed by atoms with E-state index in [-0.39, 0.29) is 5.78 Å². The van der Waals surface area contributed by atoms with Crippen molar-refractivity contribution in [2.45, 2.75) is 6.10 Å². The predicted molar refractivity (Wildman–Crippen MR) is 68.0 cm³/mol. The summed E-state index contributed by atoms with van der Waals surface area (Å²) >= 11 is 0. The molecule has 0 saturated heterocycles. The van der Waals surface area contributed by atoms with Crippen molar-refractivity contribution in [1.29, 1.82) is 0 Å². The fourth-order valence-corrected chi connectivity index (χ4v) is 1.89. The summed E-state index contributed by atoms with van der Waals surface area (Å²) in [5, 5.41) is 0. The molecule has 3 heteroatoms. The van der Waals surface area contributed by atoms with Crippen LogP contribution in [-0.2, 0) is 9.53 Å². The summed E-state index contributed by atoms with van der Waals surface area (Å²) in [7, 11) is 1.47. The molecule has 1 aliphatic rings. The monoisotopic (exact) mass is 240 g/mol. The van der Waals surface area contributed by atoms with Crippen molar-refractivity contribution in [1.82, 2.24) is 0 Å². The summed E-state index contributed by atoms with van der Waals surface area (Å²) in [5.74, 6) is 1.66. The highest BCUT2D eigenvalue weighted by Crippen LogP contribution is 2.23. The third-order valence-electron chi connectivity index (χ3n) is 2.77. The molecule has 1 aliphatic carbocycles. The van der Waals surface area contributed by atoms with Crippen molar-refractivity contribution < 1.29 is 14.3 Å².